The summed E-state index contributed by atoms with van der Waals surface area (Å²) in [5.74, 6) is 1.65. The van der Waals surface area contributed by atoms with Crippen LogP contribution in [0.3, 0.4) is 0 Å². The van der Waals surface area contributed by atoms with E-state index in [1.807, 2.05) is 0 Å². The first-order chi connectivity index (χ1) is 12.3. The molecule has 0 unspecified atom stereocenters. The number of rotatable bonds is 3. The lowest BCUT2D eigenvalue weighted by molar-refractivity contribution is 0.175. The van der Waals surface area contributed by atoms with Gasteiger partial charge in [-0.05, 0) is 92.6 Å². The lowest BCUT2D eigenvalue weighted by atomic mass is 9.86. The average Bonchev–Trinajstić information content (AvgIpc) is 2.86. The predicted molar refractivity (Wildman–Crippen MR) is 113 cm³/mol. The van der Waals surface area contributed by atoms with E-state index in [1.165, 1.54) is 63.7 Å². The molecule has 0 spiro atoms. The second-order valence-corrected chi connectivity index (χ2v) is 8.14. The van der Waals surface area contributed by atoms with Gasteiger partial charge in [0, 0.05) is 6.54 Å². The Labute approximate surface area is 165 Å². The van der Waals surface area contributed by atoms with Crippen molar-refractivity contribution in [1.29, 1.82) is 0 Å². The van der Waals surface area contributed by atoms with Gasteiger partial charge >= 0.3 is 0 Å². The van der Waals surface area contributed by atoms with Gasteiger partial charge in [0.1, 0.15) is 0 Å². The zero-order valence-corrected chi connectivity index (χ0v) is 16.8. The third-order valence-electron chi connectivity index (χ3n) is 6.49. The van der Waals surface area contributed by atoms with E-state index in [0.29, 0.717) is 0 Å². The largest absolute Gasteiger partial charge is 0.303 e. The topological polar surface area (TPSA) is 3.24 Å². The first-order valence-corrected chi connectivity index (χ1v) is 10.1. The Morgan fingerprint density at radius 1 is 0.808 bits per heavy atom. The van der Waals surface area contributed by atoms with Gasteiger partial charge in [0.15, 0.2) is 0 Å². The van der Waals surface area contributed by atoms with Crippen molar-refractivity contribution in [3.8, 4) is 0 Å². The molecule has 2 aromatic rings. The van der Waals surface area contributed by atoms with Crippen molar-refractivity contribution in [2.24, 2.45) is 5.92 Å². The first-order valence-electron chi connectivity index (χ1n) is 10.1. The average molecular weight is 370 g/mol. The number of hydrogen-bond donors (Lipinski definition) is 0. The Kier molecular flexibility index (Phi) is 6.78. The van der Waals surface area contributed by atoms with Crippen molar-refractivity contribution in [3.05, 3.63) is 70.8 Å². The first kappa shape index (κ1) is 19.5. The van der Waals surface area contributed by atoms with Crippen LogP contribution in [0.2, 0.25) is 0 Å². The molecule has 1 fully saturated rings. The van der Waals surface area contributed by atoms with Crippen molar-refractivity contribution in [1.82, 2.24) is 4.90 Å². The highest BCUT2D eigenvalue weighted by molar-refractivity contribution is 5.85. The second kappa shape index (κ2) is 9.06. The molecule has 0 atom stereocenters. The summed E-state index contributed by atoms with van der Waals surface area (Å²) in [5.41, 5.74) is 6.26. The quantitative estimate of drug-likeness (QED) is 0.619. The summed E-state index contributed by atoms with van der Waals surface area (Å²) in [5, 5.41) is 0. The molecule has 0 bridgehead atoms. The number of aryl methyl sites for hydroxylation is 3. The molecule has 0 radical (unpaired) electrons. The van der Waals surface area contributed by atoms with E-state index >= 15 is 0 Å². The molecule has 0 amide bonds. The summed E-state index contributed by atoms with van der Waals surface area (Å²) in [6.45, 7) is 6.14. The number of hydrogen-bond acceptors (Lipinski definition) is 1. The van der Waals surface area contributed by atoms with E-state index in [2.05, 4.69) is 60.4 Å². The van der Waals surface area contributed by atoms with Crippen LogP contribution in [0, 0.1) is 12.8 Å². The van der Waals surface area contributed by atoms with E-state index in [-0.39, 0.29) is 12.4 Å². The molecule has 26 heavy (non-hydrogen) atoms. The summed E-state index contributed by atoms with van der Waals surface area (Å²) in [4.78, 5) is 2.75. The van der Waals surface area contributed by atoms with Gasteiger partial charge in [-0.3, -0.25) is 0 Å². The van der Waals surface area contributed by atoms with Crippen molar-refractivity contribution in [2.75, 3.05) is 19.6 Å². The Hall–Kier alpha value is -1.31. The van der Waals surface area contributed by atoms with Gasteiger partial charge in [-0.25, -0.2) is 0 Å². The minimum atomic E-state index is 0. The van der Waals surface area contributed by atoms with Crippen LogP contribution in [0.15, 0.2) is 48.5 Å². The van der Waals surface area contributed by atoms with Crippen molar-refractivity contribution in [3.63, 3.8) is 0 Å². The third-order valence-corrected chi connectivity index (χ3v) is 6.49. The number of fused-ring (bicyclic) bond motifs is 1. The summed E-state index contributed by atoms with van der Waals surface area (Å²) < 4.78 is 0. The molecular weight excluding hydrogens is 338 g/mol. The lowest BCUT2D eigenvalue weighted by Gasteiger charge is -2.34. The molecule has 2 heteroatoms. The summed E-state index contributed by atoms with van der Waals surface area (Å²) in [7, 11) is 0. The van der Waals surface area contributed by atoms with Gasteiger partial charge in [-0.15, -0.1) is 12.4 Å². The lowest BCUT2D eigenvalue weighted by Crippen LogP contribution is -2.36. The van der Waals surface area contributed by atoms with Crippen LogP contribution in [0.5, 0.6) is 0 Å². The summed E-state index contributed by atoms with van der Waals surface area (Å²) in [6, 6.07) is 18.1. The summed E-state index contributed by atoms with van der Waals surface area (Å²) in [6.07, 6.45) is 7.96. The summed E-state index contributed by atoms with van der Waals surface area (Å²) >= 11 is 0. The van der Waals surface area contributed by atoms with Gasteiger partial charge in [-0.1, -0.05) is 48.5 Å². The minimum Gasteiger partial charge on any atom is -0.303 e. The highest BCUT2D eigenvalue weighted by atomic mass is 35.5. The van der Waals surface area contributed by atoms with E-state index < -0.39 is 0 Å². The van der Waals surface area contributed by atoms with Crippen LogP contribution < -0.4 is 0 Å². The normalized spacial score (nSPS) is 19.4. The van der Waals surface area contributed by atoms with Crippen LogP contribution in [0.1, 0.15) is 53.9 Å². The molecule has 4 rings (SSSR count). The fraction of sp³-hybridized carbons (Fsp3) is 0.500. The number of piperidine rings is 1. The third kappa shape index (κ3) is 4.50. The van der Waals surface area contributed by atoms with Crippen LogP contribution >= 0.6 is 12.4 Å². The van der Waals surface area contributed by atoms with Gasteiger partial charge < -0.3 is 4.90 Å². The van der Waals surface area contributed by atoms with Crippen molar-refractivity contribution < 1.29 is 0 Å². The maximum Gasteiger partial charge on any atom is 0.000989 e. The van der Waals surface area contributed by atoms with Crippen LogP contribution in [-0.2, 0) is 12.8 Å². The molecule has 0 N–H and O–H groups in total. The zero-order chi connectivity index (χ0) is 17.1. The molecule has 1 saturated heterocycles. The molecule has 2 aliphatic rings. The van der Waals surface area contributed by atoms with E-state index in [4.69, 9.17) is 0 Å². The fourth-order valence-electron chi connectivity index (χ4n) is 4.93. The predicted octanol–water partition coefficient (Wildman–Crippen LogP) is 5.79. The van der Waals surface area contributed by atoms with Crippen molar-refractivity contribution >= 4 is 12.4 Å². The Morgan fingerprint density at radius 3 is 2.00 bits per heavy atom. The standard InChI is InChI=1S/C24H31N.ClH/c1-19-6-2-5-9-24(19)23-14-16-25(17-15-23)18-20-10-12-21-7-3-4-8-22(21)13-11-20;/h2-9,20,23H,10-18H2,1H3;1H. The van der Waals surface area contributed by atoms with Gasteiger partial charge in [0.25, 0.3) is 0 Å². The molecule has 0 saturated carbocycles. The van der Waals surface area contributed by atoms with Crippen LogP contribution in [0.4, 0.5) is 0 Å². The molecule has 1 aliphatic heterocycles. The molecule has 2 aromatic carbocycles. The highest BCUT2D eigenvalue weighted by Crippen LogP contribution is 2.31. The number of halogens is 1. The Bertz CT molecular complexity index is 676. The number of likely N-dealkylation sites (tertiary alicyclic amines) is 1. The second-order valence-electron chi connectivity index (χ2n) is 8.14. The maximum absolute atomic E-state index is 2.75. The highest BCUT2D eigenvalue weighted by Gasteiger charge is 2.24. The van der Waals surface area contributed by atoms with Gasteiger partial charge in [0.05, 0.1) is 0 Å². The van der Waals surface area contributed by atoms with Gasteiger partial charge in [-0.2, -0.15) is 0 Å². The fourth-order valence-corrected chi connectivity index (χ4v) is 4.93. The molecule has 140 valence electrons. The Balaban J connectivity index is 0.00000196. The van der Waals surface area contributed by atoms with Crippen molar-refractivity contribution in [2.45, 2.75) is 51.4 Å². The van der Waals surface area contributed by atoms with E-state index in [9.17, 15) is 0 Å². The molecule has 1 aliphatic carbocycles. The van der Waals surface area contributed by atoms with Crippen LogP contribution in [0.25, 0.3) is 0 Å². The van der Waals surface area contributed by atoms with E-state index in [0.717, 1.165) is 11.8 Å². The number of nitrogens with zero attached hydrogens (tertiary/aromatic N) is 1. The molecule has 0 aromatic heterocycles. The molecule has 1 heterocycles. The zero-order valence-electron chi connectivity index (χ0n) is 16.0. The Morgan fingerprint density at radius 2 is 1.38 bits per heavy atom. The van der Waals surface area contributed by atoms with Crippen LogP contribution in [-0.4, -0.2) is 24.5 Å². The van der Waals surface area contributed by atoms with Gasteiger partial charge in [0.2, 0.25) is 0 Å². The maximum atomic E-state index is 2.75. The van der Waals surface area contributed by atoms with E-state index in [1.54, 1.807) is 16.7 Å². The molecular formula is C24H32ClN. The number of benzene rings is 2. The minimum absolute atomic E-state index is 0. The smallest absolute Gasteiger partial charge is 0.000989 e. The molecule has 1 nitrogen and oxygen atoms in total. The monoisotopic (exact) mass is 369 g/mol. The SMILES string of the molecule is Cc1ccccc1C1CCN(CC2CCc3ccccc3CC2)CC1.Cl.